The van der Waals surface area contributed by atoms with Crippen molar-refractivity contribution in [3.8, 4) is 0 Å². The van der Waals surface area contributed by atoms with Gasteiger partial charge in [0, 0.05) is 18.7 Å². The lowest BCUT2D eigenvalue weighted by Gasteiger charge is -2.24. The van der Waals surface area contributed by atoms with Gasteiger partial charge in [-0.2, -0.15) is 0 Å². The van der Waals surface area contributed by atoms with Crippen molar-refractivity contribution in [3.63, 3.8) is 0 Å². The first-order chi connectivity index (χ1) is 9.15. The standard InChI is InChI=1S/C16H20FNO/c1-11(16(19)12-5-7-15(17)8-6-12)18-9-13-3-2-4-14(13)10-18/h5-8,11,13-14H,2-4,9-10H2,1H3. The normalized spacial score (nSPS) is 28.3. The molecule has 3 unspecified atom stereocenters. The number of Topliss-reactive ketones (excluding diaryl/α,β-unsaturated/α-hetero) is 1. The van der Waals surface area contributed by atoms with Crippen LogP contribution in [0.4, 0.5) is 4.39 Å². The summed E-state index contributed by atoms with van der Waals surface area (Å²) in [5.74, 6) is 1.41. The molecule has 102 valence electrons. The van der Waals surface area contributed by atoms with E-state index in [1.165, 1.54) is 31.4 Å². The number of hydrogen-bond donors (Lipinski definition) is 0. The molecule has 1 aliphatic heterocycles. The zero-order valence-electron chi connectivity index (χ0n) is 11.3. The van der Waals surface area contributed by atoms with Gasteiger partial charge in [0.2, 0.25) is 0 Å². The van der Waals surface area contributed by atoms with E-state index in [1.54, 1.807) is 12.1 Å². The van der Waals surface area contributed by atoms with E-state index in [0.29, 0.717) is 5.56 Å². The number of carbonyl (C=O) groups is 1. The number of halogens is 1. The Morgan fingerprint density at radius 1 is 1.21 bits per heavy atom. The van der Waals surface area contributed by atoms with E-state index >= 15 is 0 Å². The highest BCUT2D eigenvalue weighted by atomic mass is 19.1. The van der Waals surface area contributed by atoms with Crippen molar-refractivity contribution in [2.24, 2.45) is 11.8 Å². The lowest BCUT2D eigenvalue weighted by Crippen LogP contribution is -2.38. The quantitative estimate of drug-likeness (QED) is 0.779. The molecule has 2 aliphatic rings. The number of carbonyl (C=O) groups excluding carboxylic acids is 1. The Hall–Kier alpha value is -1.22. The maximum atomic E-state index is 12.9. The zero-order chi connectivity index (χ0) is 13.4. The topological polar surface area (TPSA) is 20.3 Å². The molecule has 2 fully saturated rings. The van der Waals surface area contributed by atoms with Gasteiger partial charge in [0.25, 0.3) is 0 Å². The number of fused-ring (bicyclic) bond motifs is 1. The van der Waals surface area contributed by atoms with Crippen molar-refractivity contribution >= 4 is 5.78 Å². The minimum absolute atomic E-state index is 0.0870. The van der Waals surface area contributed by atoms with Crippen LogP contribution in [-0.4, -0.2) is 29.8 Å². The summed E-state index contributed by atoms with van der Waals surface area (Å²) in [5.41, 5.74) is 0.617. The number of ketones is 1. The SMILES string of the molecule is CC(C(=O)c1ccc(F)cc1)N1CC2CCCC2C1. The smallest absolute Gasteiger partial charge is 0.179 e. The number of hydrogen-bond acceptors (Lipinski definition) is 2. The van der Waals surface area contributed by atoms with Gasteiger partial charge in [-0.05, 0) is 55.9 Å². The third-order valence-corrected chi connectivity index (χ3v) is 4.81. The minimum atomic E-state index is -0.292. The lowest BCUT2D eigenvalue weighted by atomic mass is 10.0. The summed E-state index contributed by atoms with van der Waals surface area (Å²) in [6.45, 7) is 4.09. The Balaban J connectivity index is 1.68. The first-order valence-corrected chi connectivity index (χ1v) is 7.19. The second-order valence-electron chi connectivity index (χ2n) is 5.95. The largest absolute Gasteiger partial charge is 0.293 e. The summed E-state index contributed by atoms with van der Waals surface area (Å²) < 4.78 is 12.9. The highest BCUT2D eigenvalue weighted by molar-refractivity contribution is 5.99. The van der Waals surface area contributed by atoms with Gasteiger partial charge in [0.15, 0.2) is 5.78 Å². The maximum Gasteiger partial charge on any atom is 0.179 e. The van der Waals surface area contributed by atoms with Crippen molar-refractivity contribution in [1.82, 2.24) is 4.90 Å². The number of likely N-dealkylation sites (tertiary alicyclic amines) is 1. The summed E-state index contributed by atoms with van der Waals surface area (Å²) >= 11 is 0. The van der Waals surface area contributed by atoms with E-state index in [1.807, 2.05) is 6.92 Å². The highest BCUT2D eigenvalue weighted by Gasteiger charge is 2.39. The number of benzene rings is 1. The molecule has 0 radical (unpaired) electrons. The molecule has 1 heterocycles. The summed E-state index contributed by atoms with van der Waals surface area (Å²) in [7, 11) is 0. The second-order valence-corrected chi connectivity index (χ2v) is 5.95. The van der Waals surface area contributed by atoms with E-state index < -0.39 is 0 Å². The Kier molecular flexibility index (Phi) is 3.40. The molecule has 3 rings (SSSR count). The first kappa shape index (κ1) is 12.8. The molecule has 19 heavy (non-hydrogen) atoms. The lowest BCUT2D eigenvalue weighted by molar-refractivity contribution is 0.0858. The first-order valence-electron chi connectivity index (χ1n) is 7.19. The van der Waals surface area contributed by atoms with Gasteiger partial charge in [-0.25, -0.2) is 4.39 Å². The van der Waals surface area contributed by atoms with Gasteiger partial charge in [-0.1, -0.05) is 6.42 Å². The van der Waals surface area contributed by atoms with Crippen molar-refractivity contribution in [1.29, 1.82) is 0 Å². The monoisotopic (exact) mass is 261 g/mol. The molecule has 0 spiro atoms. The summed E-state index contributed by atoms with van der Waals surface area (Å²) in [6.07, 6.45) is 3.99. The molecule has 2 nitrogen and oxygen atoms in total. The molecule has 0 aromatic heterocycles. The Bertz CT molecular complexity index is 458. The minimum Gasteiger partial charge on any atom is -0.293 e. The van der Waals surface area contributed by atoms with Gasteiger partial charge in [0.05, 0.1) is 6.04 Å². The van der Waals surface area contributed by atoms with Crippen molar-refractivity contribution in [3.05, 3.63) is 35.6 Å². The molecular formula is C16H20FNO. The Labute approximate surface area is 113 Å². The fourth-order valence-electron chi connectivity index (χ4n) is 3.61. The van der Waals surface area contributed by atoms with Crippen LogP contribution in [0, 0.1) is 17.7 Å². The van der Waals surface area contributed by atoms with Gasteiger partial charge < -0.3 is 0 Å². The third-order valence-electron chi connectivity index (χ3n) is 4.81. The highest BCUT2D eigenvalue weighted by Crippen LogP contribution is 2.38. The molecule has 1 aliphatic carbocycles. The van der Waals surface area contributed by atoms with Crippen molar-refractivity contribution < 1.29 is 9.18 Å². The van der Waals surface area contributed by atoms with Crippen LogP contribution in [0.2, 0.25) is 0 Å². The molecule has 1 saturated carbocycles. The number of rotatable bonds is 3. The molecule has 1 saturated heterocycles. The van der Waals surface area contributed by atoms with Gasteiger partial charge in [-0.15, -0.1) is 0 Å². The molecule has 3 atom stereocenters. The van der Waals surface area contributed by atoms with Crippen LogP contribution in [0.5, 0.6) is 0 Å². The summed E-state index contributed by atoms with van der Waals surface area (Å²) in [4.78, 5) is 14.7. The Morgan fingerprint density at radius 2 is 1.79 bits per heavy atom. The van der Waals surface area contributed by atoms with Crippen LogP contribution < -0.4 is 0 Å². The van der Waals surface area contributed by atoms with Crippen LogP contribution in [0.15, 0.2) is 24.3 Å². The summed E-state index contributed by atoms with van der Waals surface area (Å²) in [6, 6.07) is 5.81. The number of nitrogens with zero attached hydrogens (tertiary/aromatic N) is 1. The molecule has 0 amide bonds. The molecule has 0 bridgehead atoms. The maximum absolute atomic E-state index is 12.9. The fourth-order valence-corrected chi connectivity index (χ4v) is 3.61. The second kappa shape index (κ2) is 5.04. The predicted molar refractivity (Wildman–Crippen MR) is 72.6 cm³/mol. The average Bonchev–Trinajstić information content (AvgIpc) is 2.98. The zero-order valence-corrected chi connectivity index (χ0v) is 11.3. The predicted octanol–water partition coefficient (Wildman–Crippen LogP) is 3.13. The van der Waals surface area contributed by atoms with Crippen LogP contribution >= 0.6 is 0 Å². The van der Waals surface area contributed by atoms with E-state index in [0.717, 1.165) is 24.9 Å². The van der Waals surface area contributed by atoms with Gasteiger partial charge in [-0.3, -0.25) is 9.69 Å². The molecule has 1 aromatic carbocycles. The van der Waals surface area contributed by atoms with Gasteiger partial charge in [0.1, 0.15) is 5.82 Å². The third kappa shape index (κ3) is 2.44. The molecular weight excluding hydrogens is 241 g/mol. The van der Waals surface area contributed by atoms with Crippen molar-refractivity contribution in [2.45, 2.75) is 32.2 Å². The van der Waals surface area contributed by atoms with E-state index in [-0.39, 0.29) is 17.6 Å². The van der Waals surface area contributed by atoms with Crippen LogP contribution in [0.3, 0.4) is 0 Å². The summed E-state index contributed by atoms with van der Waals surface area (Å²) in [5, 5.41) is 0. The van der Waals surface area contributed by atoms with E-state index in [4.69, 9.17) is 0 Å². The van der Waals surface area contributed by atoms with Crippen LogP contribution in [0.25, 0.3) is 0 Å². The molecule has 0 N–H and O–H groups in total. The van der Waals surface area contributed by atoms with Gasteiger partial charge >= 0.3 is 0 Å². The Morgan fingerprint density at radius 3 is 2.37 bits per heavy atom. The fraction of sp³-hybridized carbons (Fsp3) is 0.562. The van der Waals surface area contributed by atoms with E-state index in [9.17, 15) is 9.18 Å². The molecule has 3 heteroatoms. The van der Waals surface area contributed by atoms with Crippen molar-refractivity contribution in [2.75, 3.05) is 13.1 Å². The average molecular weight is 261 g/mol. The van der Waals surface area contributed by atoms with Crippen LogP contribution in [0.1, 0.15) is 36.5 Å². The molecule has 1 aromatic rings. The van der Waals surface area contributed by atoms with E-state index in [2.05, 4.69) is 4.90 Å². The van der Waals surface area contributed by atoms with Crippen LogP contribution in [-0.2, 0) is 0 Å².